The molecule has 1 aromatic rings. The second-order valence-electron chi connectivity index (χ2n) is 3.79. The van der Waals surface area contributed by atoms with E-state index in [-0.39, 0.29) is 0 Å². The number of methoxy groups -OCH3 is 1. The Morgan fingerprint density at radius 2 is 2.12 bits per heavy atom. The maximum absolute atomic E-state index is 10.3. The Hall–Kier alpha value is -1.20. The van der Waals surface area contributed by atoms with Crippen LogP contribution in [0.15, 0.2) is 12.4 Å². The van der Waals surface area contributed by atoms with Crippen molar-refractivity contribution in [2.45, 2.75) is 25.9 Å². The van der Waals surface area contributed by atoms with Gasteiger partial charge in [0.2, 0.25) is 5.88 Å². The van der Waals surface area contributed by atoms with Gasteiger partial charge in [0.15, 0.2) is 0 Å². The van der Waals surface area contributed by atoms with Gasteiger partial charge >= 0.3 is 0 Å². The monoisotopic (exact) mass is 225 g/mol. The first-order valence-electron chi connectivity index (χ1n) is 5.40. The topological polar surface area (TPSA) is 67.3 Å². The zero-order valence-corrected chi connectivity index (χ0v) is 10.0. The normalized spacial score (nSPS) is 14.5. The third-order valence-corrected chi connectivity index (χ3v) is 2.41. The molecule has 1 rings (SSSR count). The molecule has 1 unspecified atom stereocenters. The van der Waals surface area contributed by atoms with Crippen molar-refractivity contribution in [2.24, 2.45) is 0 Å². The van der Waals surface area contributed by atoms with E-state index in [0.717, 1.165) is 13.1 Å². The molecule has 16 heavy (non-hydrogen) atoms. The summed E-state index contributed by atoms with van der Waals surface area (Å²) in [5.74, 6) is 0.379. The zero-order valence-electron chi connectivity index (χ0n) is 10.0. The Morgan fingerprint density at radius 1 is 1.44 bits per heavy atom. The molecule has 1 aromatic heterocycles. The van der Waals surface area contributed by atoms with Crippen LogP contribution in [0.1, 0.15) is 26.0 Å². The second-order valence-corrected chi connectivity index (χ2v) is 3.79. The van der Waals surface area contributed by atoms with Crippen molar-refractivity contribution < 1.29 is 9.84 Å². The Morgan fingerprint density at radius 3 is 2.75 bits per heavy atom. The minimum absolute atomic E-state index is 0.379. The number of rotatable bonds is 6. The molecule has 0 spiro atoms. The highest BCUT2D eigenvalue weighted by Crippen LogP contribution is 2.27. The number of hydrogen-bond donors (Lipinski definition) is 2. The molecule has 0 fully saturated rings. The van der Waals surface area contributed by atoms with Crippen LogP contribution < -0.4 is 10.1 Å². The molecular formula is C11H19N3O2. The first kappa shape index (κ1) is 12.9. The minimum Gasteiger partial charge on any atom is -0.480 e. The van der Waals surface area contributed by atoms with Crippen molar-refractivity contribution in [1.29, 1.82) is 0 Å². The van der Waals surface area contributed by atoms with Gasteiger partial charge in [-0.15, -0.1) is 0 Å². The Bertz CT molecular complexity index is 329. The minimum atomic E-state index is -1.03. The maximum atomic E-state index is 10.3. The summed E-state index contributed by atoms with van der Waals surface area (Å²) in [7, 11) is 1.52. The van der Waals surface area contributed by atoms with E-state index in [1.807, 2.05) is 6.92 Å². The average molecular weight is 225 g/mol. The summed E-state index contributed by atoms with van der Waals surface area (Å²) in [6.07, 6.45) is 3.66. The van der Waals surface area contributed by atoms with Crippen LogP contribution in [0.5, 0.6) is 5.88 Å². The highest BCUT2D eigenvalue weighted by atomic mass is 16.5. The lowest BCUT2D eigenvalue weighted by Gasteiger charge is -2.23. The zero-order chi connectivity index (χ0) is 12.0. The average Bonchev–Trinajstić information content (AvgIpc) is 2.29. The van der Waals surface area contributed by atoms with Gasteiger partial charge in [-0.1, -0.05) is 6.92 Å². The van der Waals surface area contributed by atoms with E-state index in [4.69, 9.17) is 4.74 Å². The summed E-state index contributed by atoms with van der Waals surface area (Å²) >= 11 is 0. The van der Waals surface area contributed by atoms with Crippen LogP contribution in [0, 0.1) is 0 Å². The summed E-state index contributed by atoms with van der Waals surface area (Å²) in [6.45, 7) is 5.35. The highest BCUT2D eigenvalue weighted by molar-refractivity contribution is 5.23. The molecule has 0 aliphatic heterocycles. The third kappa shape index (κ3) is 3.15. The molecule has 1 atom stereocenters. The lowest BCUT2D eigenvalue weighted by molar-refractivity contribution is 0.0403. The molecule has 0 amide bonds. The van der Waals surface area contributed by atoms with Crippen molar-refractivity contribution >= 4 is 0 Å². The number of hydrogen-bond acceptors (Lipinski definition) is 5. The first-order valence-corrected chi connectivity index (χ1v) is 5.40. The number of aliphatic hydroxyl groups is 1. The van der Waals surface area contributed by atoms with Gasteiger partial charge in [0.1, 0.15) is 11.3 Å². The molecule has 0 bridgehead atoms. The van der Waals surface area contributed by atoms with Crippen molar-refractivity contribution in [3.05, 3.63) is 18.1 Å². The lowest BCUT2D eigenvalue weighted by atomic mass is 9.98. The predicted octanol–water partition coefficient (Wildman–Crippen LogP) is 0.692. The molecule has 0 aliphatic carbocycles. The molecular weight excluding hydrogens is 206 g/mol. The van der Waals surface area contributed by atoms with Crippen molar-refractivity contribution in [3.63, 3.8) is 0 Å². The number of nitrogens with zero attached hydrogens (tertiary/aromatic N) is 2. The van der Waals surface area contributed by atoms with Gasteiger partial charge in [0, 0.05) is 12.4 Å². The van der Waals surface area contributed by atoms with E-state index in [1.54, 1.807) is 19.3 Å². The van der Waals surface area contributed by atoms with Gasteiger partial charge in [-0.2, -0.15) is 0 Å². The van der Waals surface area contributed by atoms with E-state index >= 15 is 0 Å². The highest BCUT2D eigenvalue weighted by Gasteiger charge is 2.28. The quantitative estimate of drug-likeness (QED) is 0.697. The van der Waals surface area contributed by atoms with Crippen LogP contribution in [0.2, 0.25) is 0 Å². The first-order chi connectivity index (χ1) is 7.61. The summed E-state index contributed by atoms with van der Waals surface area (Å²) in [5.41, 5.74) is -0.544. The summed E-state index contributed by atoms with van der Waals surface area (Å²) < 4.78 is 5.08. The predicted molar refractivity (Wildman–Crippen MR) is 61.3 cm³/mol. The molecule has 90 valence electrons. The van der Waals surface area contributed by atoms with Crippen LogP contribution in [-0.2, 0) is 5.60 Å². The number of nitrogens with one attached hydrogen (secondary N) is 1. The SMILES string of the molecule is CCNCCC(C)(O)c1nccnc1OC. The fourth-order valence-corrected chi connectivity index (χ4v) is 1.47. The van der Waals surface area contributed by atoms with Crippen LogP contribution >= 0.6 is 0 Å². The van der Waals surface area contributed by atoms with E-state index in [0.29, 0.717) is 18.0 Å². The molecule has 0 saturated heterocycles. The standard InChI is InChI=1S/C11H19N3O2/c1-4-12-6-5-11(2,15)9-10(16-3)14-8-7-13-9/h7-8,12,15H,4-6H2,1-3H3. The Balaban J connectivity index is 2.79. The molecule has 5 heteroatoms. The van der Waals surface area contributed by atoms with Crippen LogP contribution in [0.3, 0.4) is 0 Å². The van der Waals surface area contributed by atoms with Gasteiger partial charge in [-0.25, -0.2) is 4.98 Å². The molecule has 0 aromatic carbocycles. The van der Waals surface area contributed by atoms with Crippen molar-refractivity contribution in [1.82, 2.24) is 15.3 Å². The van der Waals surface area contributed by atoms with E-state index in [9.17, 15) is 5.11 Å². The van der Waals surface area contributed by atoms with Gasteiger partial charge in [-0.05, 0) is 26.4 Å². The van der Waals surface area contributed by atoms with Crippen LogP contribution in [0.25, 0.3) is 0 Å². The molecule has 2 N–H and O–H groups in total. The van der Waals surface area contributed by atoms with E-state index in [2.05, 4.69) is 15.3 Å². The maximum Gasteiger partial charge on any atom is 0.238 e. The van der Waals surface area contributed by atoms with E-state index in [1.165, 1.54) is 7.11 Å². The van der Waals surface area contributed by atoms with Gasteiger partial charge < -0.3 is 15.2 Å². The summed E-state index contributed by atoms with van der Waals surface area (Å²) in [5, 5.41) is 13.5. The van der Waals surface area contributed by atoms with Crippen molar-refractivity contribution in [2.75, 3.05) is 20.2 Å². The van der Waals surface area contributed by atoms with Gasteiger partial charge in [0.05, 0.1) is 7.11 Å². The van der Waals surface area contributed by atoms with Crippen LogP contribution in [0.4, 0.5) is 0 Å². The summed E-state index contributed by atoms with van der Waals surface area (Å²) in [4.78, 5) is 8.16. The Labute approximate surface area is 95.9 Å². The lowest BCUT2D eigenvalue weighted by Crippen LogP contribution is -2.29. The fraction of sp³-hybridized carbons (Fsp3) is 0.636. The molecule has 0 radical (unpaired) electrons. The fourth-order valence-electron chi connectivity index (χ4n) is 1.47. The second kappa shape index (κ2) is 5.77. The molecule has 0 aliphatic rings. The third-order valence-electron chi connectivity index (χ3n) is 2.41. The molecule has 0 saturated carbocycles. The van der Waals surface area contributed by atoms with E-state index < -0.39 is 5.60 Å². The molecule has 1 heterocycles. The number of ether oxygens (including phenoxy) is 1. The Kier molecular flexibility index (Phi) is 4.64. The largest absolute Gasteiger partial charge is 0.480 e. The summed E-state index contributed by atoms with van der Waals surface area (Å²) in [6, 6.07) is 0. The molecule has 5 nitrogen and oxygen atoms in total. The smallest absolute Gasteiger partial charge is 0.238 e. The van der Waals surface area contributed by atoms with Crippen molar-refractivity contribution in [3.8, 4) is 5.88 Å². The van der Waals surface area contributed by atoms with Crippen LogP contribution in [-0.4, -0.2) is 35.3 Å². The van der Waals surface area contributed by atoms with Gasteiger partial charge in [0.25, 0.3) is 0 Å². The van der Waals surface area contributed by atoms with Gasteiger partial charge in [-0.3, -0.25) is 4.98 Å². The number of aromatic nitrogens is 2.